The Morgan fingerprint density at radius 3 is 2.74 bits per heavy atom. The van der Waals surface area contributed by atoms with E-state index in [0.29, 0.717) is 5.69 Å². The number of nitrogen functional groups attached to an aromatic ring is 1. The predicted molar refractivity (Wildman–Crippen MR) is 73.7 cm³/mol. The highest BCUT2D eigenvalue weighted by molar-refractivity contribution is 5.67. The average Bonchev–Trinajstić information content (AvgIpc) is 2.47. The molecule has 3 N–H and O–H groups in total. The quantitative estimate of drug-likeness (QED) is 0.764. The minimum Gasteiger partial charge on any atom is -0.487 e. The molecule has 1 aliphatic rings. The lowest BCUT2D eigenvalue weighted by molar-refractivity contribution is 0.253. The van der Waals surface area contributed by atoms with Crippen molar-refractivity contribution in [1.29, 1.82) is 5.26 Å². The van der Waals surface area contributed by atoms with E-state index in [2.05, 4.69) is 11.4 Å². The zero-order valence-corrected chi connectivity index (χ0v) is 10.3. The number of fused-ring (bicyclic) bond motifs is 1. The Kier molecular flexibility index (Phi) is 2.53. The van der Waals surface area contributed by atoms with Crippen LogP contribution in [-0.2, 0) is 5.54 Å². The summed E-state index contributed by atoms with van der Waals surface area (Å²) >= 11 is 0. The van der Waals surface area contributed by atoms with Crippen LogP contribution in [0.5, 0.6) is 5.75 Å². The number of nitrogens with two attached hydrogens (primary N) is 1. The summed E-state index contributed by atoms with van der Waals surface area (Å²) in [6, 6.07) is 17.3. The molecule has 2 aromatic rings. The van der Waals surface area contributed by atoms with E-state index < -0.39 is 5.54 Å². The Balaban J connectivity index is 2.05. The zero-order chi connectivity index (χ0) is 13.3. The molecular formula is C15H13N3O. The van der Waals surface area contributed by atoms with Crippen molar-refractivity contribution in [2.45, 2.75) is 5.54 Å². The SMILES string of the molecule is N#CC1(c2ccccc2)COc2ccc(N)cc2N1. The van der Waals surface area contributed by atoms with Crippen LogP contribution in [0, 0.1) is 11.3 Å². The van der Waals surface area contributed by atoms with Crippen molar-refractivity contribution >= 4 is 11.4 Å². The van der Waals surface area contributed by atoms with Crippen LogP contribution >= 0.6 is 0 Å². The third-order valence-electron chi connectivity index (χ3n) is 3.25. The molecule has 0 spiro atoms. The lowest BCUT2D eigenvalue weighted by Crippen LogP contribution is -2.42. The first-order valence-electron chi connectivity index (χ1n) is 6.01. The fourth-order valence-electron chi connectivity index (χ4n) is 2.23. The molecule has 0 bridgehead atoms. The number of hydrogen-bond donors (Lipinski definition) is 2. The van der Waals surface area contributed by atoms with E-state index in [-0.39, 0.29) is 6.61 Å². The highest BCUT2D eigenvalue weighted by atomic mass is 16.5. The van der Waals surface area contributed by atoms with Crippen molar-refractivity contribution < 1.29 is 4.74 Å². The first kappa shape index (κ1) is 11.4. The molecule has 0 aromatic heterocycles. The van der Waals surface area contributed by atoms with Crippen LogP contribution < -0.4 is 15.8 Å². The first-order valence-corrected chi connectivity index (χ1v) is 6.01. The summed E-state index contributed by atoms with van der Waals surface area (Å²) in [7, 11) is 0. The van der Waals surface area contributed by atoms with Gasteiger partial charge in [-0.05, 0) is 23.8 Å². The van der Waals surface area contributed by atoms with E-state index >= 15 is 0 Å². The summed E-state index contributed by atoms with van der Waals surface area (Å²) in [6.07, 6.45) is 0. The van der Waals surface area contributed by atoms with E-state index in [0.717, 1.165) is 17.0 Å². The number of nitriles is 1. The number of nitrogens with one attached hydrogen (secondary N) is 1. The van der Waals surface area contributed by atoms with Crippen LogP contribution in [0.25, 0.3) is 0 Å². The molecule has 0 aliphatic carbocycles. The average molecular weight is 251 g/mol. The van der Waals surface area contributed by atoms with Gasteiger partial charge in [0.1, 0.15) is 12.4 Å². The Labute approximate surface area is 111 Å². The normalized spacial score (nSPS) is 20.6. The van der Waals surface area contributed by atoms with Gasteiger partial charge in [0.2, 0.25) is 0 Å². The van der Waals surface area contributed by atoms with Gasteiger partial charge in [0.15, 0.2) is 5.54 Å². The van der Waals surface area contributed by atoms with Crippen LogP contribution in [0.3, 0.4) is 0 Å². The maximum Gasteiger partial charge on any atom is 0.185 e. The van der Waals surface area contributed by atoms with Gasteiger partial charge in [-0.15, -0.1) is 0 Å². The maximum atomic E-state index is 9.57. The van der Waals surface area contributed by atoms with Crippen LogP contribution in [0.1, 0.15) is 5.56 Å². The van der Waals surface area contributed by atoms with Gasteiger partial charge >= 0.3 is 0 Å². The number of nitrogens with zero attached hydrogens (tertiary/aromatic N) is 1. The maximum absolute atomic E-state index is 9.57. The van der Waals surface area contributed by atoms with Gasteiger partial charge in [0, 0.05) is 5.69 Å². The Morgan fingerprint density at radius 1 is 1.21 bits per heavy atom. The van der Waals surface area contributed by atoms with Gasteiger partial charge in [-0.25, -0.2) is 0 Å². The van der Waals surface area contributed by atoms with Gasteiger partial charge in [0.25, 0.3) is 0 Å². The minimum atomic E-state index is -0.873. The second-order valence-electron chi connectivity index (χ2n) is 4.55. The lowest BCUT2D eigenvalue weighted by Gasteiger charge is -2.34. The molecule has 0 saturated heterocycles. The van der Waals surface area contributed by atoms with Gasteiger partial charge in [-0.2, -0.15) is 5.26 Å². The number of hydrogen-bond acceptors (Lipinski definition) is 4. The van der Waals surface area contributed by atoms with Crippen molar-refractivity contribution in [2.75, 3.05) is 17.7 Å². The molecule has 2 aromatic carbocycles. The van der Waals surface area contributed by atoms with Crippen LogP contribution in [0.4, 0.5) is 11.4 Å². The summed E-state index contributed by atoms with van der Waals surface area (Å²) in [4.78, 5) is 0. The molecule has 0 amide bonds. The van der Waals surface area contributed by atoms with Gasteiger partial charge in [0.05, 0.1) is 11.8 Å². The molecule has 0 fully saturated rings. The van der Waals surface area contributed by atoms with Crippen molar-refractivity contribution in [3.63, 3.8) is 0 Å². The van der Waals surface area contributed by atoms with Gasteiger partial charge < -0.3 is 15.8 Å². The number of rotatable bonds is 1. The van der Waals surface area contributed by atoms with Crippen molar-refractivity contribution in [1.82, 2.24) is 0 Å². The first-order chi connectivity index (χ1) is 9.23. The van der Waals surface area contributed by atoms with Gasteiger partial charge in [-0.3, -0.25) is 0 Å². The zero-order valence-electron chi connectivity index (χ0n) is 10.3. The number of anilines is 2. The number of benzene rings is 2. The molecule has 1 atom stereocenters. The van der Waals surface area contributed by atoms with Crippen molar-refractivity contribution in [3.05, 3.63) is 54.1 Å². The predicted octanol–water partition coefficient (Wildman–Crippen LogP) is 2.49. The summed E-state index contributed by atoms with van der Waals surface area (Å²) in [5.74, 6) is 0.719. The molecule has 0 radical (unpaired) electrons. The Morgan fingerprint density at radius 2 is 2.00 bits per heavy atom. The molecule has 19 heavy (non-hydrogen) atoms. The standard InChI is InChI=1S/C15H13N3O/c16-9-15(11-4-2-1-3-5-11)10-19-14-7-6-12(17)8-13(14)18-15/h1-8,18H,10,17H2. The fraction of sp³-hybridized carbons (Fsp3) is 0.133. The van der Waals surface area contributed by atoms with Crippen molar-refractivity contribution in [2.24, 2.45) is 0 Å². The molecule has 3 rings (SSSR count). The number of ether oxygens (including phenoxy) is 1. The topological polar surface area (TPSA) is 71.1 Å². The molecule has 1 unspecified atom stereocenters. The van der Waals surface area contributed by atoms with Crippen LogP contribution in [0.15, 0.2) is 48.5 Å². The smallest absolute Gasteiger partial charge is 0.185 e. The Bertz CT molecular complexity index is 648. The van der Waals surface area contributed by atoms with E-state index in [1.807, 2.05) is 36.4 Å². The molecule has 1 aliphatic heterocycles. The monoisotopic (exact) mass is 251 g/mol. The third kappa shape index (κ3) is 1.85. The third-order valence-corrected chi connectivity index (χ3v) is 3.25. The lowest BCUT2D eigenvalue weighted by atomic mass is 9.90. The van der Waals surface area contributed by atoms with E-state index in [1.165, 1.54) is 0 Å². The summed E-state index contributed by atoms with van der Waals surface area (Å²) < 4.78 is 5.70. The highest BCUT2D eigenvalue weighted by Crippen LogP contribution is 2.38. The molecule has 94 valence electrons. The van der Waals surface area contributed by atoms with Gasteiger partial charge in [-0.1, -0.05) is 30.3 Å². The van der Waals surface area contributed by atoms with E-state index in [9.17, 15) is 5.26 Å². The second kappa shape index (κ2) is 4.21. The molecular weight excluding hydrogens is 238 g/mol. The molecule has 0 saturated carbocycles. The summed E-state index contributed by atoms with van der Waals surface area (Å²) in [5.41, 5.74) is 7.16. The van der Waals surface area contributed by atoms with E-state index in [4.69, 9.17) is 10.5 Å². The summed E-state index contributed by atoms with van der Waals surface area (Å²) in [6.45, 7) is 0.268. The fourth-order valence-corrected chi connectivity index (χ4v) is 2.23. The highest BCUT2D eigenvalue weighted by Gasteiger charge is 2.37. The molecule has 4 heteroatoms. The second-order valence-corrected chi connectivity index (χ2v) is 4.55. The van der Waals surface area contributed by atoms with Crippen LogP contribution in [0.2, 0.25) is 0 Å². The molecule has 4 nitrogen and oxygen atoms in total. The van der Waals surface area contributed by atoms with Crippen LogP contribution in [-0.4, -0.2) is 6.61 Å². The van der Waals surface area contributed by atoms with Crippen molar-refractivity contribution in [3.8, 4) is 11.8 Å². The summed E-state index contributed by atoms with van der Waals surface area (Å²) in [5, 5.41) is 12.8. The Hall–Kier alpha value is -2.67. The largest absolute Gasteiger partial charge is 0.487 e. The van der Waals surface area contributed by atoms with E-state index in [1.54, 1.807) is 12.1 Å². The minimum absolute atomic E-state index is 0.268. The molecule has 1 heterocycles.